The van der Waals surface area contributed by atoms with Crippen LogP contribution in [0.3, 0.4) is 0 Å². The van der Waals surface area contributed by atoms with Gasteiger partial charge in [-0.3, -0.25) is 19.9 Å². The molecule has 4 heterocycles. The van der Waals surface area contributed by atoms with Gasteiger partial charge in [0, 0.05) is 19.3 Å². The summed E-state index contributed by atoms with van der Waals surface area (Å²) in [5, 5.41) is 9.48. The molecule has 0 saturated carbocycles. The highest BCUT2D eigenvalue weighted by Gasteiger charge is 2.14. The van der Waals surface area contributed by atoms with Crippen molar-refractivity contribution < 1.29 is 4.79 Å². The van der Waals surface area contributed by atoms with E-state index in [4.69, 9.17) is 0 Å². The van der Waals surface area contributed by atoms with E-state index in [0.29, 0.717) is 18.1 Å². The van der Waals surface area contributed by atoms with Gasteiger partial charge in [-0.15, -0.1) is 0 Å². The van der Waals surface area contributed by atoms with E-state index in [9.17, 15) is 4.79 Å². The van der Waals surface area contributed by atoms with Crippen LogP contribution in [-0.2, 0) is 6.54 Å². The Hall–Kier alpha value is -3.29. The van der Waals surface area contributed by atoms with Crippen molar-refractivity contribution in [2.24, 2.45) is 0 Å². The van der Waals surface area contributed by atoms with Crippen molar-refractivity contribution in [1.82, 2.24) is 30.5 Å². The number of H-pyrrole nitrogens is 1. The third-order valence-corrected chi connectivity index (χ3v) is 4.30. The second kappa shape index (κ2) is 7.30. The smallest absolute Gasteiger partial charge is 0.288 e. The lowest BCUT2D eigenvalue weighted by molar-refractivity contribution is 0.0940. The minimum absolute atomic E-state index is 0.152. The maximum Gasteiger partial charge on any atom is 0.288 e. The van der Waals surface area contributed by atoms with Crippen LogP contribution >= 0.6 is 0 Å². The normalized spacial score (nSPS) is 13.8. The summed E-state index contributed by atoms with van der Waals surface area (Å²) in [5.41, 5.74) is 2.54. The molecule has 8 heteroatoms. The van der Waals surface area contributed by atoms with Gasteiger partial charge in [0.15, 0.2) is 5.82 Å². The topological polar surface area (TPSA) is 99.7 Å². The summed E-state index contributed by atoms with van der Waals surface area (Å²) in [7, 11) is 0. The summed E-state index contributed by atoms with van der Waals surface area (Å²) in [4.78, 5) is 27.3. The molecular formula is C18H19N7O. The molecule has 1 aliphatic heterocycles. The number of carbonyl (C=O) groups is 1. The molecule has 3 aromatic rings. The van der Waals surface area contributed by atoms with Gasteiger partial charge in [-0.2, -0.15) is 5.10 Å². The summed E-state index contributed by atoms with van der Waals surface area (Å²) in [5.74, 6) is 0.216. The van der Waals surface area contributed by atoms with Gasteiger partial charge in [0.2, 0.25) is 5.82 Å². The molecule has 4 rings (SSSR count). The largest absolute Gasteiger partial charge is 0.370 e. The summed E-state index contributed by atoms with van der Waals surface area (Å²) in [6.07, 6.45) is 5.98. The summed E-state index contributed by atoms with van der Waals surface area (Å²) >= 11 is 0. The predicted octanol–water partition coefficient (Wildman–Crippen LogP) is 1.79. The number of hydrogen-bond acceptors (Lipinski definition) is 6. The van der Waals surface area contributed by atoms with Crippen LogP contribution < -0.4 is 10.2 Å². The minimum atomic E-state index is -0.329. The molecule has 1 amide bonds. The molecule has 26 heavy (non-hydrogen) atoms. The first-order valence-corrected chi connectivity index (χ1v) is 8.61. The molecule has 3 aromatic heterocycles. The van der Waals surface area contributed by atoms with E-state index < -0.39 is 0 Å². The fraction of sp³-hybridized carbons (Fsp3) is 0.278. The SMILES string of the molecule is O=C(NCc1ccc(N2CCCC2)cn1)c1nc(-c2ccccn2)n[nH]1. The van der Waals surface area contributed by atoms with Gasteiger partial charge in [-0.05, 0) is 37.1 Å². The number of pyridine rings is 2. The molecule has 0 aromatic carbocycles. The van der Waals surface area contributed by atoms with E-state index in [-0.39, 0.29) is 11.7 Å². The van der Waals surface area contributed by atoms with Crippen LogP contribution in [0.5, 0.6) is 0 Å². The van der Waals surface area contributed by atoms with Crippen LogP contribution in [-0.4, -0.2) is 44.1 Å². The number of carbonyl (C=O) groups excluding carboxylic acids is 1. The standard InChI is InChI=1S/C18H19N7O/c26-18(17-22-16(23-24-17)15-5-1-2-8-19-15)21-11-13-6-7-14(12-20-13)25-9-3-4-10-25/h1-2,5-8,12H,3-4,9-11H2,(H,21,26)(H,22,23,24). The van der Waals surface area contributed by atoms with Gasteiger partial charge in [0.25, 0.3) is 5.91 Å². The van der Waals surface area contributed by atoms with Gasteiger partial charge in [0.05, 0.1) is 24.1 Å². The monoisotopic (exact) mass is 349 g/mol. The Balaban J connectivity index is 1.36. The Bertz CT molecular complexity index is 870. The van der Waals surface area contributed by atoms with Gasteiger partial charge < -0.3 is 10.2 Å². The lowest BCUT2D eigenvalue weighted by atomic mass is 10.3. The number of anilines is 1. The molecule has 8 nitrogen and oxygen atoms in total. The zero-order valence-electron chi connectivity index (χ0n) is 14.2. The Kier molecular flexibility index (Phi) is 4.55. The highest BCUT2D eigenvalue weighted by Crippen LogP contribution is 2.19. The molecule has 0 bridgehead atoms. The predicted molar refractivity (Wildman–Crippen MR) is 96.5 cm³/mol. The van der Waals surface area contributed by atoms with Crippen molar-refractivity contribution in [3.05, 3.63) is 54.2 Å². The van der Waals surface area contributed by atoms with Crippen molar-refractivity contribution >= 4 is 11.6 Å². The van der Waals surface area contributed by atoms with E-state index in [1.54, 1.807) is 12.3 Å². The zero-order valence-corrected chi connectivity index (χ0v) is 14.2. The number of aromatic nitrogens is 5. The average molecular weight is 349 g/mol. The quantitative estimate of drug-likeness (QED) is 0.728. The van der Waals surface area contributed by atoms with Crippen LogP contribution in [0.4, 0.5) is 5.69 Å². The number of hydrogen-bond donors (Lipinski definition) is 2. The van der Waals surface area contributed by atoms with E-state index in [0.717, 1.165) is 24.5 Å². The molecule has 0 aliphatic carbocycles. The van der Waals surface area contributed by atoms with Crippen LogP contribution in [0.1, 0.15) is 29.2 Å². The van der Waals surface area contributed by atoms with Gasteiger partial charge >= 0.3 is 0 Å². The fourth-order valence-electron chi connectivity index (χ4n) is 2.91. The fourth-order valence-corrected chi connectivity index (χ4v) is 2.91. The number of rotatable bonds is 5. The molecule has 1 saturated heterocycles. The van der Waals surface area contributed by atoms with Crippen molar-refractivity contribution in [2.75, 3.05) is 18.0 Å². The van der Waals surface area contributed by atoms with Gasteiger partial charge in [0.1, 0.15) is 5.69 Å². The number of nitrogens with one attached hydrogen (secondary N) is 2. The van der Waals surface area contributed by atoms with Gasteiger partial charge in [-0.1, -0.05) is 6.07 Å². The zero-order chi connectivity index (χ0) is 17.8. The molecule has 0 radical (unpaired) electrons. The molecule has 2 N–H and O–H groups in total. The minimum Gasteiger partial charge on any atom is -0.370 e. The maximum absolute atomic E-state index is 12.2. The molecular weight excluding hydrogens is 330 g/mol. The van der Waals surface area contributed by atoms with E-state index >= 15 is 0 Å². The summed E-state index contributed by atoms with van der Waals surface area (Å²) in [6, 6.07) is 9.43. The lowest BCUT2D eigenvalue weighted by Gasteiger charge is -2.17. The summed E-state index contributed by atoms with van der Waals surface area (Å²) < 4.78 is 0. The van der Waals surface area contributed by atoms with Crippen molar-refractivity contribution in [1.29, 1.82) is 0 Å². The Morgan fingerprint density at radius 3 is 2.77 bits per heavy atom. The first kappa shape index (κ1) is 16.2. The second-order valence-corrected chi connectivity index (χ2v) is 6.11. The van der Waals surface area contributed by atoms with Gasteiger partial charge in [-0.25, -0.2) is 4.98 Å². The van der Waals surface area contributed by atoms with Crippen molar-refractivity contribution in [3.63, 3.8) is 0 Å². The molecule has 132 valence electrons. The number of amides is 1. The average Bonchev–Trinajstić information content (AvgIpc) is 3.39. The lowest BCUT2D eigenvalue weighted by Crippen LogP contribution is -2.24. The molecule has 0 unspecified atom stereocenters. The third-order valence-electron chi connectivity index (χ3n) is 4.30. The van der Waals surface area contributed by atoms with Crippen LogP contribution in [0.15, 0.2) is 42.7 Å². The van der Waals surface area contributed by atoms with Crippen LogP contribution in [0.25, 0.3) is 11.5 Å². The first-order chi connectivity index (χ1) is 12.8. The highest BCUT2D eigenvalue weighted by atomic mass is 16.2. The Labute approximate surface area is 150 Å². The van der Waals surface area contributed by atoms with E-state index in [1.165, 1.54) is 12.8 Å². The third kappa shape index (κ3) is 3.53. The van der Waals surface area contributed by atoms with E-state index in [2.05, 4.69) is 35.4 Å². The highest BCUT2D eigenvalue weighted by molar-refractivity contribution is 5.90. The van der Waals surface area contributed by atoms with Crippen molar-refractivity contribution in [2.45, 2.75) is 19.4 Å². The Morgan fingerprint density at radius 1 is 1.15 bits per heavy atom. The van der Waals surface area contributed by atoms with Crippen LogP contribution in [0.2, 0.25) is 0 Å². The summed E-state index contributed by atoms with van der Waals surface area (Å²) in [6.45, 7) is 2.50. The maximum atomic E-state index is 12.2. The molecule has 1 aliphatic rings. The van der Waals surface area contributed by atoms with E-state index in [1.807, 2.05) is 30.5 Å². The number of nitrogens with zero attached hydrogens (tertiary/aromatic N) is 5. The first-order valence-electron chi connectivity index (χ1n) is 8.61. The molecule has 0 spiro atoms. The number of aromatic amines is 1. The molecule has 0 atom stereocenters. The Morgan fingerprint density at radius 2 is 2.04 bits per heavy atom. The van der Waals surface area contributed by atoms with Crippen LogP contribution in [0, 0.1) is 0 Å². The second-order valence-electron chi connectivity index (χ2n) is 6.11. The molecule has 1 fully saturated rings. The van der Waals surface area contributed by atoms with Crippen molar-refractivity contribution in [3.8, 4) is 11.5 Å².